The van der Waals surface area contributed by atoms with Gasteiger partial charge in [0.15, 0.2) is 0 Å². The van der Waals surface area contributed by atoms with Crippen molar-refractivity contribution < 1.29 is 9.59 Å². The van der Waals surface area contributed by atoms with Crippen molar-refractivity contribution in [3.8, 4) is 0 Å². The summed E-state index contributed by atoms with van der Waals surface area (Å²) in [5.74, 6) is 0.347. The van der Waals surface area contributed by atoms with Crippen LogP contribution in [0.25, 0.3) is 0 Å². The summed E-state index contributed by atoms with van der Waals surface area (Å²) in [6.07, 6.45) is 2.13. The van der Waals surface area contributed by atoms with Crippen LogP contribution in [0.15, 0.2) is 0 Å². The molecule has 2 atom stereocenters. The molecule has 0 heterocycles. The highest BCUT2D eigenvalue weighted by Gasteiger charge is 2.72. The van der Waals surface area contributed by atoms with Gasteiger partial charge < -0.3 is 5.32 Å². The van der Waals surface area contributed by atoms with Crippen LogP contribution in [0.3, 0.4) is 0 Å². The van der Waals surface area contributed by atoms with Gasteiger partial charge in [0.05, 0.1) is 5.41 Å². The lowest BCUT2D eigenvalue weighted by molar-refractivity contribution is -0.137. The van der Waals surface area contributed by atoms with E-state index in [2.05, 4.69) is 19.2 Å². The molecule has 2 aliphatic rings. The summed E-state index contributed by atoms with van der Waals surface area (Å²) >= 11 is 0. The lowest BCUT2D eigenvalue weighted by atomic mass is 9.64. The molecule has 0 radical (unpaired) electrons. The molecule has 0 saturated heterocycles. The molecule has 1 N–H and O–H groups in total. The van der Waals surface area contributed by atoms with Crippen LogP contribution < -0.4 is 5.32 Å². The van der Waals surface area contributed by atoms with Crippen molar-refractivity contribution in [2.45, 2.75) is 59.9 Å². The zero-order valence-corrected chi connectivity index (χ0v) is 11.5. The Bertz CT molecular complexity index is 386. The summed E-state index contributed by atoms with van der Waals surface area (Å²) in [4.78, 5) is 24.7. The van der Waals surface area contributed by atoms with Crippen molar-refractivity contribution in [1.29, 1.82) is 0 Å². The highest BCUT2D eigenvalue weighted by molar-refractivity contribution is 5.99. The zero-order valence-electron chi connectivity index (χ0n) is 11.5. The quantitative estimate of drug-likeness (QED) is 0.801. The number of carbonyl (C=O) groups excluding carboxylic acids is 2. The molecule has 0 aromatic heterocycles. The highest BCUT2D eigenvalue weighted by Crippen LogP contribution is 2.70. The number of hydrogen-bond acceptors (Lipinski definition) is 2. The number of rotatable bonds is 2. The summed E-state index contributed by atoms with van der Waals surface area (Å²) in [6, 6.07) is 0.134. The van der Waals surface area contributed by atoms with E-state index < -0.39 is 5.41 Å². The summed E-state index contributed by atoms with van der Waals surface area (Å²) in [5, 5.41) is 3.01. The second kappa shape index (κ2) is 3.33. The fourth-order valence-electron chi connectivity index (χ4n) is 3.76. The Morgan fingerprint density at radius 2 is 1.82 bits per heavy atom. The van der Waals surface area contributed by atoms with Gasteiger partial charge in [-0.3, -0.25) is 9.59 Å². The Hall–Kier alpha value is -0.860. The van der Waals surface area contributed by atoms with Crippen molar-refractivity contribution in [2.75, 3.05) is 0 Å². The maximum absolute atomic E-state index is 12.5. The number of Topliss-reactive ketones (excluding diaryl/α,β-unsaturated/α-hetero) is 1. The van der Waals surface area contributed by atoms with Crippen molar-refractivity contribution in [1.82, 2.24) is 5.32 Å². The fourth-order valence-corrected chi connectivity index (χ4v) is 3.76. The van der Waals surface area contributed by atoms with E-state index in [4.69, 9.17) is 0 Å². The monoisotopic (exact) mass is 237 g/mol. The Labute approximate surface area is 103 Å². The van der Waals surface area contributed by atoms with Gasteiger partial charge in [0, 0.05) is 17.9 Å². The molecule has 1 amide bonds. The summed E-state index contributed by atoms with van der Waals surface area (Å²) in [5.41, 5.74) is -1.000. The number of ketones is 1. The number of hydrogen-bond donors (Lipinski definition) is 1. The van der Waals surface area contributed by atoms with E-state index in [-0.39, 0.29) is 28.6 Å². The number of fused-ring (bicyclic) bond motifs is 2. The van der Waals surface area contributed by atoms with Gasteiger partial charge >= 0.3 is 0 Å². The number of nitrogens with one attached hydrogen (secondary N) is 1. The van der Waals surface area contributed by atoms with Crippen LogP contribution in [0.1, 0.15) is 53.9 Å². The van der Waals surface area contributed by atoms with E-state index in [0.29, 0.717) is 6.42 Å². The van der Waals surface area contributed by atoms with Crippen molar-refractivity contribution in [3.63, 3.8) is 0 Å². The third-order valence-corrected chi connectivity index (χ3v) is 5.56. The molecule has 0 spiro atoms. The predicted octanol–water partition coefficient (Wildman–Crippen LogP) is 2.30. The Kier molecular flexibility index (Phi) is 2.47. The standard InChI is InChI=1S/C14H23NO2/c1-9(2)15-11(17)14-7-6-13(5,10(16)8-14)12(14,3)4/h9H,6-8H2,1-5H3,(H,15,17)/t13-,14-/m0/s1. The molecule has 2 rings (SSSR count). The molecule has 0 aliphatic heterocycles. The smallest absolute Gasteiger partial charge is 0.227 e. The molecule has 3 heteroatoms. The third kappa shape index (κ3) is 1.28. The van der Waals surface area contributed by atoms with E-state index >= 15 is 0 Å². The Balaban J connectivity index is 2.40. The van der Waals surface area contributed by atoms with Crippen molar-refractivity contribution >= 4 is 11.7 Å². The normalized spacial score (nSPS) is 38.8. The lowest BCUT2D eigenvalue weighted by Crippen LogP contribution is -2.48. The average molecular weight is 237 g/mol. The summed E-state index contributed by atoms with van der Waals surface area (Å²) in [6.45, 7) is 10.1. The number of carbonyl (C=O) groups is 2. The topological polar surface area (TPSA) is 46.2 Å². The number of amides is 1. The van der Waals surface area contributed by atoms with Crippen LogP contribution >= 0.6 is 0 Å². The van der Waals surface area contributed by atoms with Gasteiger partial charge in [-0.1, -0.05) is 20.8 Å². The minimum Gasteiger partial charge on any atom is -0.353 e. The average Bonchev–Trinajstić information content (AvgIpc) is 2.47. The molecular formula is C14H23NO2. The van der Waals surface area contributed by atoms with Crippen LogP contribution in [0, 0.1) is 16.2 Å². The van der Waals surface area contributed by atoms with Crippen LogP contribution in [0.2, 0.25) is 0 Å². The molecule has 2 fully saturated rings. The SMILES string of the molecule is CC(C)NC(=O)[C@]12CC[C@@](C)(C(=O)C1)C2(C)C. The summed E-state index contributed by atoms with van der Waals surface area (Å²) < 4.78 is 0. The summed E-state index contributed by atoms with van der Waals surface area (Å²) in [7, 11) is 0. The van der Waals surface area contributed by atoms with Crippen LogP contribution in [-0.4, -0.2) is 17.7 Å². The van der Waals surface area contributed by atoms with Crippen molar-refractivity contribution in [2.24, 2.45) is 16.2 Å². The third-order valence-electron chi connectivity index (χ3n) is 5.56. The molecule has 17 heavy (non-hydrogen) atoms. The molecule has 0 unspecified atom stereocenters. The van der Waals surface area contributed by atoms with Gasteiger partial charge in [0.1, 0.15) is 5.78 Å². The van der Waals surface area contributed by atoms with Gasteiger partial charge in [0.25, 0.3) is 0 Å². The molecule has 2 bridgehead atoms. The molecule has 2 aliphatic carbocycles. The fraction of sp³-hybridized carbons (Fsp3) is 0.857. The first-order valence-corrected chi connectivity index (χ1v) is 6.52. The maximum atomic E-state index is 12.5. The second-order valence-corrected chi connectivity index (χ2v) is 6.77. The van der Waals surface area contributed by atoms with E-state index in [1.54, 1.807) is 0 Å². The largest absolute Gasteiger partial charge is 0.353 e. The van der Waals surface area contributed by atoms with Gasteiger partial charge in [-0.15, -0.1) is 0 Å². The van der Waals surface area contributed by atoms with Crippen LogP contribution in [0.5, 0.6) is 0 Å². The van der Waals surface area contributed by atoms with E-state index in [1.807, 2.05) is 20.8 Å². The molecule has 0 aromatic carbocycles. The minimum absolute atomic E-state index is 0.0760. The Morgan fingerprint density at radius 1 is 1.24 bits per heavy atom. The maximum Gasteiger partial charge on any atom is 0.227 e. The van der Waals surface area contributed by atoms with Gasteiger partial charge in [-0.25, -0.2) is 0 Å². The van der Waals surface area contributed by atoms with Gasteiger partial charge in [0.2, 0.25) is 5.91 Å². The van der Waals surface area contributed by atoms with Crippen LogP contribution in [-0.2, 0) is 9.59 Å². The molecule has 2 saturated carbocycles. The zero-order chi connectivity index (χ0) is 13.1. The lowest BCUT2D eigenvalue weighted by Gasteiger charge is -2.39. The molecule has 3 nitrogen and oxygen atoms in total. The van der Waals surface area contributed by atoms with Crippen molar-refractivity contribution in [3.05, 3.63) is 0 Å². The molecule has 0 aromatic rings. The van der Waals surface area contributed by atoms with Gasteiger partial charge in [-0.2, -0.15) is 0 Å². The first-order chi connectivity index (χ1) is 7.67. The van der Waals surface area contributed by atoms with Crippen LogP contribution in [0.4, 0.5) is 0 Å². The van der Waals surface area contributed by atoms with E-state index in [1.165, 1.54) is 0 Å². The first-order valence-electron chi connectivity index (χ1n) is 6.52. The first kappa shape index (κ1) is 12.6. The van der Waals surface area contributed by atoms with E-state index in [0.717, 1.165) is 12.8 Å². The molecule has 96 valence electrons. The van der Waals surface area contributed by atoms with Gasteiger partial charge in [-0.05, 0) is 32.1 Å². The predicted molar refractivity (Wildman–Crippen MR) is 66.5 cm³/mol. The second-order valence-electron chi connectivity index (χ2n) is 6.77. The molecular weight excluding hydrogens is 214 g/mol. The minimum atomic E-state index is -0.469. The highest BCUT2D eigenvalue weighted by atomic mass is 16.2. The Morgan fingerprint density at radius 3 is 2.18 bits per heavy atom. The van der Waals surface area contributed by atoms with E-state index in [9.17, 15) is 9.59 Å².